The van der Waals surface area contributed by atoms with Gasteiger partial charge in [-0.25, -0.2) is 4.79 Å². The number of halogens is 3. The lowest BCUT2D eigenvalue weighted by Gasteiger charge is -2.19. The maximum absolute atomic E-state index is 13.2. The minimum Gasteiger partial charge on any atom is -0.466 e. The summed E-state index contributed by atoms with van der Waals surface area (Å²) in [5.41, 5.74) is 1.48. The summed E-state index contributed by atoms with van der Waals surface area (Å²) in [5, 5.41) is 5.43. The molecule has 0 saturated heterocycles. The van der Waals surface area contributed by atoms with Crippen LogP contribution in [0.3, 0.4) is 0 Å². The molecule has 0 heterocycles. The van der Waals surface area contributed by atoms with Crippen molar-refractivity contribution < 1.29 is 28.7 Å². The molecule has 0 saturated carbocycles. The van der Waals surface area contributed by atoms with E-state index in [0.29, 0.717) is 27.6 Å². The van der Waals surface area contributed by atoms with Crippen LogP contribution >= 0.6 is 67.8 Å². The molecule has 0 atom stereocenters. The number of amides is 2. The predicted molar refractivity (Wildman–Crippen MR) is 145 cm³/mol. The summed E-state index contributed by atoms with van der Waals surface area (Å²) < 4.78 is 12.1. The van der Waals surface area contributed by atoms with E-state index in [2.05, 4.69) is 10.6 Å². The minimum absolute atomic E-state index is 0.0492. The molecule has 0 radical (unpaired) electrons. The number of nitrogens with one attached hydrogen (secondary N) is 2. The molecular weight excluding hydrogens is 757 g/mol. The Bertz CT molecular complexity index is 1040. The van der Waals surface area contributed by atoms with Gasteiger partial charge >= 0.3 is 11.9 Å². The van der Waals surface area contributed by atoms with Crippen LogP contribution in [-0.4, -0.2) is 30.4 Å². The van der Waals surface area contributed by atoms with Gasteiger partial charge in [0.05, 0.1) is 40.7 Å². The molecule has 2 rings (SSSR count). The Morgan fingerprint density at radius 2 is 1.41 bits per heavy atom. The fraction of sp³-hybridized carbons (Fsp3) is 0.238. The molecule has 0 aliphatic carbocycles. The second-order valence-electron chi connectivity index (χ2n) is 6.41. The quantitative estimate of drug-likeness (QED) is 0.239. The first kappa shape index (κ1) is 26.8. The Kier molecular flexibility index (Phi) is 10.1. The van der Waals surface area contributed by atoms with Crippen molar-refractivity contribution in [2.75, 3.05) is 17.2 Å². The van der Waals surface area contributed by atoms with Crippen LogP contribution in [0.15, 0.2) is 24.3 Å². The zero-order chi connectivity index (χ0) is 24.0. The second kappa shape index (κ2) is 12.1. The van der Waals surface area contributed by atoms with Crippen molar-refractivity contribution in [1.82, 2.24) is 0 Å². The Morgan fingerprint density at radius 3 is 1.91 bits per heavy atom. The van der Waals surface area contributed by atoms with Gasteiger partial charge < -0.3 is 20.1 Å². The molecule has 32 heavy (non-hydrogen) atoms. The summed E-state index contributed by atoms with van der Waals surface area (Å²) >= 11 is 5.93. The van der Waals surface area contributed by atoms with Gasteiger partial charge in [-0.15, -0.1) is 0 Å². The summed E-state index contributed by atoms with van der Waals surface area (Å²) in [6.45, 7) is 4.67. The molecule has 11 heteroatoms. The zero-order valence-corrected chi connectivity index (χ0v) is 23.8. The average Bonchev–Trinajstić information content (AvgIpc) is 2.70. The van der Waals surface area contributed by atoms with Crippen LogP contribution in [0.25, 0.3) is 0 Å². The van der Waals surface area contributed by atoms with E-state index >= 15 is 0 Å². The number of carbonyl (C=O) groups is 4. The molecule has 0 spiro atoms. The van der Waals surface area contributed by atoms with E-state index in [1.807, 2.05) is 67.8 Å². The van der Waals surface area contributed by atoms with E-state index in [1.165, 1.54) is 13.8 Å². The molecule has 8 nitrogen and oxygen atoms in total. The first-order valence-corrected chi connectivity index (χ1v) is 12.5. The van der Waals surface area contributed by atoms with Crippen LogP contribution < -0.4 is 15.4 Å². The molecule has 2 amide bonds. The number of anilines is 2. The number of esters is 2. The highest BCUT2D eigenvalue weighted by Crippen LogP contribution is 2.39. The lowest BCUT2D eigenvalue weighted by atomic mass is 10.1. The minimum atomic E-state index is -0.690. The molecule has 0 fully saturated rings. The average molecular weight is 776 g/mol. The van der Waals surface area contributed by atoms with E-state index < -0.39 is 11.9 Å². The van der Waals surface area contributed by atoms with E-state index in [0.717, 1.165) is 0 Å². The summed E-state index contributed by atoms with van der Waals surface area (Å²) in [6.07, 6.45) is -0.0492. The third-order valence-corrected chi connectivity index (χ3v) is 7.17. The Balaban J connectivity index is 2.54. The summed E-state index contributed by atoms with van der Waals surface area (Å²) in [7, 11) is 0. The van der Waals surface area contributed by atoms with Crippen molar-refractivity contribution in [2.45, 2.75) is 27.2 Å². The van der Waals surface area contributed by atoms with Crippen molar-refractivity contribution in [1.29, 1.82) is 0 Å². The summed E-state index contributed by atoms with van der Waals surface area (Å²) in [6, 6.07) is 6.68. The number of hydrogen-bond acceptors (Lipinski definition) is 6. The number of ether oxygens (including phenoxy) is 2. The Labute approximate surface area is 226 Å². The van der Waals surface area contributed by atoms with Crippen molar-refractivity contribution in [3.8, 4) is 5.75 Å². The third kappa shape index (κ3) is 6.76. The van der Waals surface area contributed by atoms with Gasteiger partial charge in [0.2, 0.25) is 11.8 Å². The third-order valence-electron chi connectivity index (χ3n) is 3.94. The molecule has 0 unspecified atom stereocenters. The molecule has 2 aromatic carbocycles. The largest absolute Gasteiger partial charge is 0.466 e. The van der Waals surface area contributed by atoms with Gasteiger partial charge in [-0.2, -0.15) is 0 Å². The van der Waals surface area contributed by atoms with Gasteiger partial charge in [-0.1, -0.05) is 18.2 Å². The highest BCUT2D eigenvalue weighted by Gasteiger charge is 2.27. The van der Waals surface area contributed by atoms with E-state index in [9.17, 15) is 19.2 Å². The van der Waals surface area contributed by atoms with Gasteiger partial charge in [0, 0.05) is 19.4 Å². The standard InChI is InChI=1S/C21H19I3N2O6/c1-4-31-14(29)9-12-7-5-6-8-13(12)32-21(30)15-16(22)19(25-10(2)27)18(24)20(17(15)23)26-11(3)28/h5-8H,4,9H2,1-3H3,(H,25,27)(H,26,28). The summed E-state index contributed by atoms with van der Waals surface area (Å²) in [4.78, 5) is 48.6. The van der Waals surface area contributed by atoms with Crippen molar-refractivity contribution >= 4 is 103 Å². The van der Waals surface area contributed by atoms with Crippen LogP contribution in [0.4, 0.5) is 11.4 Å². The zero-order valence-electron chi connectivity index (χ0n) is 17.3. The molecular formula is C21H19I3N2O6. The first-order valence-electron chi connectivity index (χ1n) is 9.28. The normalized spacial score (nSPS) is 10.3. The van der Waals surface area contributed by atoms with Crippen LogP contribution in [0.5, 0.6) is 5.75 Å². The van der Waals surface area contributed by atoms with Crippen molar-refractivity contribution in [3.63, 3.8) is 0 Å². The highest BCUT2D eigenvalue weighted by molar-refractivity contribution is 14.1. The smallest absolute Gasteiger partial charge is 0.345 e. The van der Waals surface area contributed by atoms with Gasteiger partial charge in [-0.3, -0.25) is 14.4 Å². The van der Waals surface area contributed by atoms with E-state index in [-0.39, 0.29) is 36.2 Å². The van der Waals surface area contributed by atoms with Gasteiger partial charge in [0.1, 0.15) is 5.75 Å². The van der Waals surface area contributed by atoms with Crippen molar-refractivity contribution in [3.05, 3.63) is 46.1 Å². The molecule has 170 valence electrons. The van der Waals surface area contributed by atoms with Crippen LogP contribution in [0.2, 0.25) is 0 Å². The number of hydrogen-bond donors (Lipinski definition) is 2. The van der Waals surface area contributed by atoms with Crippen LogP contribution in [0, 0.1) is 10.7 Å². The second-order valence-corrected chi connectivity index (χ2v) is 9.64. The lowest BCUT2D eigenvalue weighted by Crippen LogP contribution is -2.20. The van der Waals surface area contributed by atoms with Gasteiger partial charge in [0.15, 0.2) is 0 Å². The molecule has 0 aliphatic rings. The highest BCUT2D eigenvalue weighted by atomic mass is 127. The van der Waals surface area contributed by atoms with Crippen molar-refractivity contribution in [2.24, 2.45) is 0 Å². The molecule has 0 aromatic heterocycles. The fourth-order valence-electron chi connectivity index (χ4n) is 2.68. The first-order chi connectivity index (χ1) is 15.1. The SMILES string of the molecule is CCOC(=O)Cc1ccccc1OC(=O)c1c(I)c(NC(C)=O)c(I)c(NC(C)=O)c1I. The number of rotatable bonds is 7. The van der Waals surface area contributed by atoms with Crippen LogP contribution in [-0.2, 0) is 25.5 Å². The Hall–Kier alpha value is -1.49. The lowest BCUT2D eigenvalue weighted by molar-refractivity contribution is -0.142. The summed E-state index contributed by atoms with van der Waals surface area (Å²) in [5.74, 6) is -1.55. The fourth-order valence-corrected chi connectivity index (χ4v) is 6.83. The van der Waals surface area contributed by atoms with E-state index in [4.69, 9.17) is 9.47 Å². The van der Waals surface area contributed by atoms with E-state index in [1.54, 1.807) is 31.2 Å². The maximum Gasteiger partial charge on any atom is 0.345 e. The number of para-hydroxylation sites is 1. The molecule has 0 aliphatic heterocycles. The number of carbonyl (C=O) groups excluding carboxylic acids is 4. The molecule has 2 N–H and O–H groups in total. The maximum atomic E-state index is 13.2. The monoisotopic (exact) mass is 776 g/mol. The Morgan fingerprint density at radius 1 is 0.875 bits per heavy atom. The van der Waals surface area contributed by atoms with Gasteiger partial charge in [-0.05, 0) is 80.8 Å². The predicted octanol–water partition coefficient (Wildman–Crippen LogP) is 4.74. The van der Waals surface area contributed by atoms with Crippen LogP contribution in [0.1, 0.15) is 36.7 Å². The van der Waals surface area contributed by atoms with Gasteiger partial charge in [0.25, 0.3) is 0 Å². The molecule has 2 aromatic rings. The topological polar surface area (TPSA) is 111 Å². The number of benzene rings is 2. The molecule has 0 bridgehead atoms.